The molecule has 0 unspecified atom stereocenters. The number of carbonyl (C=O) groups is 1. The lowest BCUT2D eigenvalue weighted by molar-refractivity contribution is 0.200. The van der Waals surface area contributed by atoms with Gasteiger partial charge in [0.15, 0.2) is 0 Å². The first kappa shape index (κ1) is 16.7. The highest BCUT2D eigenvalue weighted by Gasteiger charge is 2.18. The molecule has 136 valence electrons. The van der Waals surface area contributed by atoms with Crippen LogP contribution >= 0.6 is 0 Å². The van der Waals surface area contributed by atoms with Crippen molar-refractivity contribution in [2.75, 3.05) is 18.1 Å². The predicted molar refractivity (Wildman–Crippen MR) is 98.8 cm³/mol. The SMILES string of the molecule is O=C(O)N(CCF)c1nc2ccc(-c3n[nH]c(=O)c4ccccc34)cc2[nH]1. The van der Waals surface area contributed by atoms with Gasteiger partial charge in [0.2, 0.25) is 5.95 Å². The molecular formula is C18H14FN5O3. The maximum atomic E-state index is 12.6. The van der Waals surface area contributed by atoms with E-state index < -0.39 is 12.8 Å². The van der Waals surface area contributed by atoms with Crippen LogP contribution in [0.15, 0.2) is 47.3 Å². The van der Waals surface area contributed by atoms with Gasteiger partial charge in [0.1, 0.15) is 6.67 Å². The number of fused-ring (bicyclic) bond motifs is 2. The molecule has 1 amide bonds. The highest BCUT2D eigenvalue weighted by Crippen LogP contribution is 2.27. The normalized spacial score (nSPS) is 11.1. The molecule has 4 aromatic rings. The Morgan fingerprint density at radius 3 is 2.70 bits per heavy atom. The van der Waals surface area contributed by atoms with Crippen molar-refractivity contribution in [3.63, 3.8) is 0 Å². The number of nitrogens with one attached hydrogen (secondary N) is 2. The monoisotopic (exact) mass is 367 g/mol. The maximum Gasteiger partial charge on any atom is 0.414 e. The van der Waals surface area contributed by atoms with E-state index in [0.717, 1.165) is 10.5 Å². The number of halogens is 1. The summed E-state index contributed by atoms with van der Waals surface area (Å²) in [5, 5.41) is 17.1. The number of rotatable bonds is 4. The average molecular weight is 367 g/mol. The van der Waals surface area contributed by atoms with Gasteiger partial charge in [-0.1, -0.05) is 24.3 Å². The first-order valence-corrected chi connectivity index (χ1v) is 8.12. The van der Waals surface area contributed by atoms with E-state index in [9.17, 15) is 19.1 Å². The Kier molecular flexibility index (Phi) is 4.03. The fourth-order valence-electron chi connectivity index (χ4n) is 2.98. The summed E-state index contributed by atoms with van der Waals surface area (Å²) in [7, 11) is 0. The Morgan fingerprint density at radius 1 is 1.19 bits per heavy atom. The first-order chi connectivity index (χ1) is 13.1. The lowest BCUT2D eigenvalue weighted by Crippen LogP contribution is -2.32. The van der Waals surface area contributed by atoms with Crippen LogP contribution < -0.4 is 10.5 Å². The minimum Gasteiger partial charge on any atom is -0.465 e. The van der Waals surface area contributed by atoms with Crippen LogP contribution in [0.1, 0.15) is 0 Å². The molecule has 0 spiro atoms. The molecule has 4 rings (SSSR count). The summed E-state index contributed by atoms with van der Waals surface area (Å²) in [4.78, 5) is 31.2. The summed E-state index contributed by atoms with van der Waals surface area (Å²) >= 11 is 0. The van der Waals surface area contributed by atoms with E-state index in [-0.39, 0.29) is 18.1 Å². The van der Waals surface area contributed by atoms with Gasteiger partial charge in [0.25, 0.3) is 5.56 Å². The minimum absolute atomic E-state index is 0.0478. The molecule has 0 fully saturated rings. The fourth-order valence-corrected chi connectivity index (χ4v) is 2.98. The number of hydrogen-bond donors (Lipinski definition) is 3. The summed E-state index contributed by atoms with van der Waals surface area (Å²) in [5.74, 6) is 0.0478. The van der Waals surface area contributed by atoms with Crippen LogP contribution in [0.5, 0.6) is 0 Å². The molecule has 9 heteroatoms. The van der Waals surface area contributed by atoms with Crippen molar-refractivity contribution >= 4 is 33.8 Å². The van der Waals surface area contributed by atoms with Crippen LogP contribution in [0.2, 0.25) is 0 Å². The van der Waals surface area contributed by atoms with Crippen LogP contribution in [0.3, 0.4) is 0 Å². The first-order valence-electron chi connectivity index (χ1n) is 8.12. The summed E-state index contributed by atoms with van der Waals surface area (Å²) < 4.78 is 12.6. The van der Waals surface area contributed by atoms with Crippen LogP contribution in [0, 0.1) is 0 Å². The van der Waals surface area contributed by atoms with Gasteiger partial charge in [-0.3, -0.25) is 4.79 Å². The Morgan fingerprint density at radius 2 is 1.96 bits per heavy atom. The number of aromatic amines is 2. The van der Waals surface area contributed by atoms with E-state index >= 15 is 0 Å². The zero-order valence-electron chi connectivity index (χ0n) is 13.9. The minimum atomic E-state index is -1.29. The summed E-state index contributed by atoms with van der Waals surface area (Å²) in [6, 6.07) is 12.4. The second-order valence-electron chi connectivity index (χ2n) is 5.86. The third-order valence-corrected chi connectivity index (χ3v) is 4.23. The third kappa shape index (κ3) is 2.88. The standard InChI is InChI=1S/C18H14FN5O3/c19-7-8-24(18(26)27)17-20-13-6-5-10(9-14(13)21-17)15-11-3-1-2-4-12(11)16(25)23-22-15/h1-6,9H,7-8H2,(H,20,21)(H,23,25)(H,26,27). The molecule has 0 atom stereocenters. The largest absolute Gasteiger partial charge is 0.465 e. The zero-order chi connectivity index (χ0) is 19.0. The zero-order valence-corrected chi connectivity index (χ0v) is 13.9. The van der Waals surface area contributed by atoms with Crippen molar-refractivity contribution in [3.05, 3.63) is 52.8 Å². The van der Waals surface area contributed by atoms with E-state index in [1.165, 1.54) is 0 Å². The Balaban J connectivity index is 1.84. The maximum absolute atomic E-state index is 12.6. The number of nitrogens with zero attached hydrogens (tertiary/aromatic N) is 3. The number of carboxylic acid groups (broad SMARTS) is 1. The molecule has 27 heavy (non-hydrogen) atoms. The highest BCUT2D eigenvalue weighted by atomic mass is 19.1. The molecule has 8 nitrogen and oxygen atoms in total. The number of hydrogen-bond acceptors (Lipinski definition) is 4. The second kappa shape index (κ2) is 6.52. The highest BCUT2D eigenvalue weighted by molar-refractivity contribution is 5.96. The fraction of sp³-hybridized carbons (Fsp3) is 0.111. The van der Waals surface area contributed by atoms with Gasteiger partial charge >= 0.3 is 6.09 Å². The van der Waals surface area contributed by atoms with Gasteiger partial charge in [-0.05, 0) is 18.2 Å². The van der Waals surface area contributed by atoms with Crippen LogP contribution in [0.4, 0.5) is 15.1 Å². The lowest BCUT2D eigenvalue weighted by Gasteiger charge is -2.13. The molecule has 0 aliphatic heterocycles. The Hall–Kier alpha value is -3.75. The molecular weight excluding hydrogens is 353 g/mol. The number of imidazole rings is 1. The molecule has 2 aromatic heterocycles. The molecule has 0 bridgehead atoms. The van der Waals surface area contributed by atoms with Crippen molar-refractivity contribution in [2.45, 2.75) is 0 Å². The number of benzene rings is 2. The number of anilines is 1. The number of alkyl halides is 1. The van der Waals surface area contributed by atoms with Crippen molar-refractivity contribution < 1.29 is 14.3 Å². The van der Waals surface area contributed by atoms with Crippen molar-refractivity contribution in [3.8, 4) is 11.3 Å². The molecule has 2 heterocycles. The summed E-state index contributed by atoms with van der Waals surface area (Å²) in [6.45, 7) is -1.13. The summed E-state index contributed by atoms with van der Waals surface area (Å²) in [5.41, 5.74) is 2.14. The smallest absolute Gasteiger partial charge is 0.414 e. The topological polar surface area (TPSA) is 115 Å². The number of aromatic nitrogens is 4. The van der Waals surface area contributed by atoms with Crippen LogP contribution in [-0.2, 0) is 0 Å². The van der Waals surface area contributed by atoms with Crippen LogP contribution in [0.25, 0.3) is 33.1 Å². The lowest BCUT2D eigenvalue weighted by atomic mass is 10.0. The quantitative estimate of drug-likeness (QED) is 0.513. The van der Waals surface area contributed by atoms with Gasteiger partial charge in [0, 0.05) is 10.9 Å². The molecule has 0 radical (unpaired) electrons. The average Bonchev–Trinajstić information content (AvgIpc) is 3.09. The van der Waals surface area contributed by atoms with E-state index in [1.54, 1.807) is 30.3 Å². The van der Waals surface area contributed by atoms with E-state index in [4.69, 9.17) is 0 Å². The van der Waals surface area contributed by atoms with Crippen molar-refractivity contribution in [1.29, 1.82) is 0 Å². The van der Waals surface area contributed by atoms with E-state index in [0.29, 0.717) is 27.5 Å². The van der Waals surface area contributed by atoms with Crippen LogP contribution in [-0.4, -0.2) is 44.6 Å². The molecule has 0 aliphatic carbocycles. The molecule has 2 aromatic carbocycles. The Bertz CT molecular complexity index is 1220. The number of amides is 1. The second-order valence-corrected chi connectivity index (χ2v) is 5.86. The molecule has 3 N–H and O–H groups in total. The third-order valence-electron chi connectivity index (χ3n) is 4.23. The van der Waals surface area contributed by atoms with Gasteiger partial charge in [-0.15, -0.1) is 0 Å². The van der Waals surface area contributed by atoms with Crippen molar-refractivity contribution in [2.24, 2.45) is 0 Å². The molecule has 0 aliphatic rings. The predicted octanol–water partition coefficient (Wildman–Crippen LogP) is 2.92. The molecule has 0 saturated heterocycles. The Labute approximate surface area is 151 Å². The van der Waals surface area contributed by atoms with E-state index in [1.807, 2.05) is 12.1 Å². The van der Waals surface area contributed by atoms with Gasteiger partial charge < -0.3 is 10.1 Å². The summed E-state index contributed by atoms with van der Waals surface area (Å²) in [6.07, 6.45) is -1.29. The van der Waals surface area contributed by atoms with Crippen molar-refractivity contribution in [1.82, 2.24) is 20.2 Å². The van der Waals surface area contributed by atoms with Gasteiger partial charge in [-0.2, -0.15) is 5.10 Å². The van der Waals surface area contributed by atoms with Gasteiger partial charge in [-0.25, -0.2) is 24.2 Å². The number of H-pyrrole nitrogens is 2. The van der Waals surface area contributed by atoms with Gasteiger partial charge in [0.05, 0.1) is 28.7 Å². The van der Waals surface area contributed by atoms with E-state index in [2.05, 4.69) is 20.2 Å². The molecule has 0 saturated carbocycles.